The highest BCUT2D eigenvalue weighted by Gasteiger charge is 2.55. The smallest absolute Gasteiger partial charge is 0.337 e. The Morgan fingerprint density at radius 1 is 0.756 bits per heavy atom. The van der Waals surface area contributed by atoms with Crippen LogP contribution in [0, 0.1) is 0 Å². The Labute approximate surface area is 255 Å². The number of carbonyl (C=O) groups excluding carboxylic acids is 3. The first-order valence-electron chi connectivity index (χ1n) is 13.3. The van der Waals surface area contributed by atoms with Gasteiger partial charge in [0.05, 0.1) is 21.3 Å². The van der Waals surface area contributed by atoms with Crippen LogP contribution in [-0.4, -0.2) is 81.0 Å². The summed E-state index contributed by atoms with van der Waals surface area (Å²) in [6.45, 7) is 3.07. The molecular formula is C30H30O15. The Morgan fingerprint density at radius 2 is 1.33 bits per heavy atom. The summed E-state index contributed by atoms with van der Waals surface area (Å²) in [7, 11) is 4.04. The minimum atomic E-state index is -1.94. The molecule has 5 atom stereocenters. The van der Waals surface area contributed by atoms with Gasteiger partial charge >= 0.3 is 23.9 Å². The van der Waals surface area contributed by atoms with Gasteiger partial charge in [0.1, 0.15) is 22.5 Å². The molecule has 45 heavy (non-hydrogen) atoms. The van der Waals surface area contributed by atoms with E-state index in [9.17, 15) is 29.1 Å². The minimum Gasteiger partial charge on any atom is -0.497 e. The molecule has 1 unspecified atom stereocenters. The van der Waals surface area contributed by atoms with Crippen LogP contribution in [0.4, 0.5) is 0 Å². The zero-order valence-corrected chi connectivity index (χ0v) is 25.0. The van der Waals surface area contributed by atoms with Gasteiger partial charge in [-0.2, -0.15) is 0 Å². The lowest BCUT2D eigenvalue weighted by Crippen LogP contribution is -2.64. The van der Waals surface area contributed by atoms with Crippen LogP contribution in [-0.2, 0) is 38.1 Å². The van der Waals surface area contributed by atoms with Gasteiger partial charge in [-0.3, -0.25) is 19.2 Å². The minimum absolute atomic E-state index is 0.00353. The Bertz CT molecular complexity index is 1660. The number of fused-ring (bicyclic) bond motifs is 1. The Kier molecular flexibility index (Phi) is 9.82. The van der Waals surface area contributed by atoms with Gasteiger partial charge in [0.15, 0.2) is 35.2 Å². The van der Waals surface area contributed by atoms with Crippen molar-refractivity contribution in [1.29, 1.82) is 0 Å². The summed E-state index contributed by atoms with van der Waals surface area (Å²) >= 11 is 0. The predicted octanol–water partition coefficient (Wildman–Crippen LogP) is 2.47. The number of carboxylic acid groups (broad SMARTS) is 1. The van der Waals surface area contributed by atoms with Crippen molar-refractivity contribution < 1.29 is 66.6 Å². The van der Waals surface area contributed by atoms with Gasteiger partial charge in [-0.05, 0) is 24.3 Å². The molecule has 3 aromatic rings. The highest BCUT2D eigenvalue weighted by Crippen LogP contribution is 2.44. The molecule has 4 rings (SSSR count). The SMILES string of the molecule is COc1ccc(-c2cc(=O)c3c(OC)c(OC)c(OC4O[C@H](C(=O)O)[C@@H](OC(C)=O)[C@H](OC(C)=O)[C@H]4OC(C)=O)cc3o2)cc1. The zero-order chi connectivity index (χ0) is 33.0. The molecule has 15 heteroatoms. The fourth-order valence-electron chi connectivity index (χ4n) is 4.81. The second kappa shape index (κ2) is 13.5. The molecule has 240 valence electrons. The lowest BCUT2D eigenvalue weighted by Gasteiger charge is -2.42. The van der Waals surface area contributed by atoms with E-state index in [4.69, 9.17) is 42.3 Å². The topological polar surface area (TPSA) is 193 Å². The number of hydrogen-bond donors (Lipinski definition) is 1. The van der Waals surface area contributed by atoms with Crippen LogP contribution in [0.25, 0.3) is 22.3 Å². The molecule has 1 N–H and O–H groups in total. The summed E-state index contributed by atoms with van der Waals surface area (Å²) in [5, 5.41) is 9.93. The molecule has 0 aliphatic carbocycles. The third-order valence-corrected chi connectivity index (χ3v) is 6.56. The maximum Gasteiger partial charge on any atom is 0.337 e. The fourth-order valence-corrected chi connectivity index (χ4v) is 4.81. The summed E-state index contributed by atoms with van der Waals surface area (Å²) in [4.78, 5) is 61.6. The van der Waals surface area contributed by atoms with E-state index in [0.29, 0.717) is 11.3 Å². The van der Waals surface area contributed by atoms with Crippen molar-refractivity contribution in [2.75, 3.05) is 21.3 Å². The monoisotopic (exact) mass is 630 g/mol. The van der Waals surface area contributed by atoms with Gasteiger partial charge < -0.3 is 47.4 Å². The molecule has 1 aliphatic heterocycles. The summed E-state index contributed by atoms with van der Waals surface area (Å²) < 4.78 is 49.7. The number of benzene rings is 2. The van der Waals surface area contributed by atoms with Gasteiger partial charge in [-0.15, -0.1) is 0 Å². The average molecular weight is 631 g/mol. The lowest BCUT2D eigenvalue weighted by molar-refractivity contribution is -0.282. The molecule has 1 aliphatic rings. The molecular weight excluding hydrogens is 600 g/mol. The van der Waals surface area contributed by atoms with Crippen molar-refractivity contribution in [3.63, 3.8) is 0 Å². The summed E-state index contributed by atoms with van der Waals surface area (Å²) in [6.07, 6.45) is -8.80. The van der Waals surface area contributed by atoms with Crippen LogP contribution in [0.1, 0.15) is 20.8 Å². The molecule has 1 saturated heterocycles. The number of esters is 3. The number of ether oxygens (including phenoxy) is 8. The van der Waals surface area contributed by atoms with E-state index in [2.05, 4.69) is 0 Å². The van der Waals surface area contributed by atoms with E-state index in [1.165, 1.54) is 33.5 Å². The maximum atomic E-state index is 13.3. The maximum absolute atomic E-state index is 13.3. The molecule has 1 aromatic heterocycles. The van der Waals surface area contributed by atoms with Crippen LogP contribution < -0.4 is 24.4 Å². The van der Waals surface area contributed by atoms with E-state index >= 15 is 0 Å². The number of rotatable bonds is 10. The highest BCUT2D eigenvalue weighted by molar-refractivity contribution is 5.90. The van der Waals surface area contributed by atoms with Gasteiger partial charge in [0, 0.05) is 38.5 Å². The van der Waals surface area contributed by atoms with Crippen molar-refractivity contribution in [1.82, 2.24) is 0 Å². The molecule has 15 nitrogen and oxygen atoms in total. The van der Waals surface area contributed by atoms with E-state index in [1.54, 1.807) is 24.3 Å². The number of carboxylic acids is 1. The average Bonchev–Trinajstić information content (AvgIpc) is 2.98. The van der Waals surface area contributed by atoms with Crippen LogP contribution in [0.2, 0.25) is 0 Å². The largest absolute Gasteiger partial charge is 0.497 e. The Balaban J connectivity index is 1.88. The van der Waals surface area contributed by atoms with Crippen molar-refractivity contribution in [2.45, 2.75) is 51.5 Å². The standard InChI is InChI=1S/C30H30O15/c1-13(31)40-25-26(41-14(2)32)28(42-15(3)33)30(45-27(25)29(35)36)44-21-12-20-22(24(39-6)23(21)38-5)18(34)11-19(43-20)16-7-9-17(37-4)10-8-16/h7-12,25-28,30H,1-6H3,(H,35,36)/t25-,26-,27-,28+,30?/m0/s1. The second-order valence-corrected chi connectivity index (χ2v) is 9.62. The van der Waals surface area contributed by atoms with Crippen LogP contribution >= 0.6 is 0 Å². The van der Waals surface area contributed by atoms with Gasteiger partial charge in [-0.25, -0.2) is 4.79 Å². The van der Waals surface area contributed by atoms with E-state index < -0.39 is 60.0 Å². The molecule has 0 radical (unpaired) electrons. The second-order valence-electron chi connectivity index (χ2n) is 9.62. The number of carbonyl (C=O) groups is 4. The number of aliphatic carboxylic acids is 1. The molecule has 0 amide bonds. The molecule has 1 fully saturated rings. The molecule has 0 spiro atoms. The van der Waals surface area contributed by atoms with E-state index in [-0.39, 0.29) is 34.0 Å². The first-order chi connectivity index (χ1) is 21.4. The number of hydrogen-bond acceptors (Lipinski definition) is 14. The van der Waals surface area contributed by atoms with Gasteiger partial charge in [0.2, 0.25) is 18.1 Å². The molecule has 0 bridgehead atoms. The first-order valence-corrected chi connectivity index (χ1v) is 13.3. The number of methoxy groups -OCH3 is 3. The van der Waals surface area contributed by atoms with Crippen molar-refractivity contribution in [3.05, 3.63) is 46.6 Å². The normalized spacial score (nSPS) is 20.9. The van der Waals surface area contributed by atoms with Crippen LogP contribution in [0.15, 0.2) is 45.6 Å². The third kappa shape index (κ3) is 6.93. The van der Waals surface area contributed by atoms with Gasteiger partial charge in [0.25, 0.3) is 0 Å². The van der Waals surface area contributed by atoms with Crippen LogP contribution in [0.5, 0.6) is 23.0 Å². The first kappa shape index (κ1) is 32.6. The molecule has 0 saturated carbocycles. The van der Waals surface area contributed by atoms with Gasteiger partial charge in [-0.1, -0.05) is 0 Å². The quantitative estimate of drug-likeness (QED) is 0.253. The third-order valence-electron chi connectivity index (χ3n) is 6.56. The Hall–Kier alpha value is -5.31. The van der Waals surface area contributed by atoms with E-state index in [1.807, 2.05) is 0 Å². The summed E-state index contributed by atoms with van der Waals surface area (Å²) in [5.41, 5.74) is 0.0353. The van der Waals surface area contributed by atoms with E-state index in [0.717, 1.165) is 20.8 Å². The summed E-state index contributed by atoms with van der Waals surface area (Å²) in [5.74, 6) is -3.97. The Morgan fingerprint density at radius 3 is 1.87 bits per heavy atom. The highest BCUT2D eigenvalue weighted by atomic mass is 16.7. The molecule has 2 aromatic carbocycles. The lowest BCUT2D eigenvalue weighted by atomic mass is 9.97. The fraction of sp³-hybridized carbons (Fsp3) is 0.367. The zero-order valence-electron chi connectivity index (χ0n) is 25.0. The van der Waals surface area contributed by atoms with Crippen molar-refractivity contribution in [2.24, 2.45) is 0 Å². The molecule has 2 heterocycles. The van der Waals surface area contributed by atoms with Crippen molar-refractivity contribution in [3.8, 4) is 34.3 Å². The summed E-state index contributed by atoms with van der Waals surface area (Å²) in [6, 6.07) is 9.26. The van der Waals surface area contributed by atoms with Crippen molar-refractivity contribution >= 4 is 34.8 Å². The van der Waals surface area contributed by atoms with Crippen LogP contribution in [0.3, 0.4) is 0 Å². The predicted molar refractivity (Wildman–Crippen MR) is 151 cm³/mol.